The van der Waals surface area contributed by atoms with E-state index in [4.69, 9.17) is 4.74 Å². The molecule has 2 unspecified atom stereocenters. The third-order valence-corrected chi connectivity index (χ3v) is 3.71. The third-order valence-electron chi connectivity index (χ3n) is 3.71. The van der Waals surface area contributed by atoms with Crippen molar-refractivity contribution in [2.75, 3.05) is 6.61 Å². The highest BCUT2D eigenvalue weighted by Gasteiger charge is 2.15. The maximum Gasteiger partial charge on any atom is 0.124 e. The predicted octanol–water partition coefficient (Wildman–Crippen LogP) is 5.09. The van der Waals surface area contributed by atoms with Crippen LogP contribution < -0.4 is 10.1 Å². The summed E-state index contributed by atoms with van der Waals surface area (Å²) >= 11 is 0. The third kappa shape index (κ3) is 5.54. The second-order valence-electron chi connectivity index (χ2n) is 5.49. The van der Waals surface area contributed by atoms with Crippen molar-refractivity contribution < 1.29 is 4.74 Å². The molecule has 0 aliphatic carbocycles. The van der Waals surface area contributed by atoms with Gasteiger partial charge >= 0.3 is 0 Å². The molecule has 0 saturated heterocycles. The van der Waals surface area contributed by atoms with Crippen molar-refractivity contribution in [3.63, 3.8) is 0 Å². The van der Waals surface area contributed by atoms with Crippen LogP contribution >= 0.6 is 0 Å². The Balaban J connectivity index is 2.69. The standard InChI is InChI=1S/C18H31NO/c1-5-8-12-16(11-6-2)19-15(4)17-13-9-10-14-18(17)20-7-3/h9-10,13-16,19H,5-8,11-12H2,1-4H3. The van der Waals surface area contributed by atoms with Crippen molar-refractivity contribution in [3.05, 3.63) is 29.8 Å². The largest absolute Gasteiger partial charge is 0.494 e. The second kappa shape index (κ2) is 9.82. The molecule has 1 aromatic carbocycles. The Bertz CT molecular complexity index is 364. The zero-order chi connectivity index (χ0) is 14.8. The van der Waals surface area contributed by atoms with Gasteiger partial charge in [0.2, 0.25) is 0 Å². The van der Waals surface area contributed by atoms with E-state index in [1.165, 1.54) is 37.7 Å². The van der Waals surface area contributed by atoms with Crippen LogP contribution in [0, 0.1) is 0 Å². The first kappa shape index (κ1) is 17.0. The van der Waals surface area contributed by atoms with Gasteiger partial charge in [-0.2, -0.15) is 0 Å². The van der Waals surface area contributed by atoms with Gasteiger partial charge in [0.05, 0.1) is 6.61 Å². The van der Waals surface area contributed by atoms with Crippen molar-refractivity contribution in [1.29, 1.82) is 0 Å². The highest BCUT2D eigenvalue weighted by molar-refractivity contribution is 5.35. The molecule has 1 aromatic rings. The van der Waals surface area contributed by atoms with Gasteiger partial charge in [-0.05, 0) is 32.8 Å². The maximum absolute atomic E-state index is 5.74. The van der Waals surface area contributed by atoms with E-state index in [1.54, 1.807) is 0 Å². The van der Waals surface area contributed by atoms with Crippen LogP contribution in [-0.4, -0.2) is 12.6 Å². The van der Waals surface area contributed by atoms with Crippen molar-refractivity contribution >= 4 is 0 Å². The number of ether oxygens (including phenoxy) is 1. The van der Waals surface area contributed by atoms with Crippen LogP contribution in [-0.2, 0) is 0 Å². The van der Waals surface area contributed by atoms with Gasteiger partial charge in [-0.15, -0.1) is 0 Å². The molecule has 0 spiro atoms. The summed E-state index contributed by atoms with van der Waals surface area (Å²) < 4.78 is 5.74. The van der Waals surface area contributed by atoms with Crippen molar-refractivity contribution in [3.8, 4) is 5.75 Å². The van der Waals surface area contributed by atoms with Gasteiger partial charge in [-0.1, -0.05) is 51.3 Å². The Hall–Kier alpha value is -1.02. The number of rotatable bonds is 10. The Labute approximate surface area is 124 Å². The molecule has 0 saturated carbocycles. The molecule has 0 heterocycles. The van der Waals surface area contributed by atoms with Gasteiger partial charge in [0.1, 0.15) is 5.75 Å². The lowest BCUT2D eigenvalue weighted by Gasteiger charge is -2.24. The SMILES string of the molecule is CCCCC(CCC)NC(C)c1ccccc1OCC. The van der Waals surface area contributed by atoms with Crippen LogP contribution in [0.5, 0.6) is 5.75 Å². The van der Waals surface area contributed by atoms with Crippen LogP contribution in [0.1, 0.15) is 71.4 Å². The molecular weight excluding hydrogens is 246 g/mol. The molecule has 0 aromatic heterocycles. The minimum absolute atomic E-state index is 0.339. The molecule has 0 fully saturated rings. The molecule has 1 rings (SSSR count). The Morgan fingerprint density at radius 3 is 2.45 bits per heavy atom. The molecule has 2 nitrogen and oxygen atoms in total. The molecule has 2 heteroatoms. The fraction of sp³-hybridized carbons (Fsp3) is 0.667. The Morgan fingerprint density at radius 1 is 1.05 bits per heavy atom. The number of hydrogen-bond acceptors (Lipinski definition) is 2. The molecule has 114 valence electrons. The lowest BCUT2D eigenvalue weighted by molar-refractivity contribution is 0.327. The first-order valence-electron chi connectivity index (χ1n) is 8.20. The number of para-hydroxylation sites is 1. The van der Waals surface area contributed by atoms with Gasteiger partial charge in [0.25, 0.3) is 0 Å². The molecule has 2 atom stereocenters. The quantitative estimate of drug-likeness (QED) is 0.643. The topological polar surface area (TPSA) is 21.3 Å². The van der Waals surface area contributed by atoms with Crippen LogP contribution in [0.3, 0.4) is 0 Å². The van der Waals surface area contributed by atoms with Gasteiger partial charge in [0, 0.05) is 17.6 Å². The molecule has 0 aliphatic rings. The van der Waals surface area contributed by atoms with Gasteiger partial charge in [-0.25, -0.2) is 0 Å². The van der Waals surface area contributed by atoms with E-state index in [0.717, 1.165) is 12.4 Å². The molecule has 0 radical (unpaired) electrons. The monoisotopic (exact) mass is 277 g/mol. The van der Waals surface area contributed by atoms with E-state index >= 15 is 0 Å². The first-order chi connectivity index (χ1) is 9.72. The summed E-state index contributed by atoms with van der Waals surface area (Å²) in [5, 5.41) is 3.79. The molecule has 0 bridgehead atoms. The van der Waals surface area contributed by atoms with Crippen LogP contribution in [0.15, 0.2) is 24.3 Å². The highest BCUT2D eigenvalue weighted by atomic mass is 16.5. The summed E-state index contributed by atoms with van der Waals surface area (Å²) in [5.74, 6) is 1.01. The number of benzene rings is 1. The van der Waals surface area contributed by atoms with E-state index in [0.29, 0.717) is 12.1 Å². The van der Waals surface area contributed by atoms with E-state index in [9.17, 15) is 0 Å². The van der Waals surface area contributed by atoms with Gasteiger partial charge in [0.15, 0.2) is 0 Å². The molecule has 20 heavy (non-hydrogen) atoms. The average molecular weight is 277 g/mol. The smallest absolute Gasteiger partial charge is 0.124 e. The van der Waals surface area contributed by atoms with Crippen LogP contribution in [0.4, 0.5) is 0 Å². The zero-order valence-corrected chi connectivity index (χ0v) is 13.6. The molecular formula is C18H31NO. The number of hydrogen-bond donors (Lipinski definition) is 1. The van der Waals surface area contributed by atoms with Crippen molar-refractivity contribution in [1.82, 2.24) is 5.32 Å². The lowest BCUT2D eigenvalue weighted by Crippen LogP contribution is -2.31. The second-order valence-corrected chi connectivity index (χ2v) is 5.49. The molecule has 0 aliphatic heterocycles. The van der Waals surface area contributed by atoms with Crippen LogP contribution in [0.25, 0.3) is 0 Å². The maximum atomic E-state index is 5.74. The van der Waals surface area contributed by atoms with E-state index in [-0.39, 0.29) is 0 Å². The Kier molecular flexibility index (Phi) is 8.36. The first-order valence-corrected chi connectivity index (χ1v) is 8.20. The fourth-order valence-electron chi connectivity index (χ4n) is 2.68. The van der Waals surface area contributed by atoms with Gasteiger partial charge in [-0.3, -0.25) is 0 Å². The van der Waals surface area contributed by atoms with E-state index in [2.05, 4.69) is 44.3 Å². The average Bonchev–Trinajstić information content (AvgIpc) is 2.46. The summed E-state index contributed by atoms with van der Waals surface area (Å²) in [6.45, 7) is 9.52. The van der Waals surface area contributed by atoms with E-state index < -0.39 is 0 Å². The lowest BCUT2D eigenvalue weighted by atomic mass is 10.0. The fourth-order valence-corrected chi connectivity index (χ4v) is 2.68. The summed E-state index contributed by atoms with van der Waals surface area (Å²) in [7, 11) is 0. The van der Waals surface area contributed by atoms with Gasteiger partial charge < -0.3 is 10.1 Å². The van der Waals surface area contributed by atoms with Crippen molar-refractivity contribution in [2.45, 2.75) is 71.9 Å². The summed E-state index contributed by atoms with van der Waals surface area (Å²) in [6, 6.07) is 9.33. The highest BCUT2D eigenvalue weighted by Crippen LogP contribution is 2.26. The van der Waals surface area contributed by atoms with Crippen LogP contribution in [0.2, 0.25) is 0 Å². The summed E-state index contributed by atoms with van der Waals surface area (Å²) in [4.78, 5) is 0. The van der Waals surface area contributed by atoms with E-state index in [1.807, 2.05) is 13.0 Å². The predicted molar refractivity (Wildman–Crippen MR) is 87.4 cm³/mol. The minimum Gasteiger partial charge on any atom is -0.494 e. The minimum atomic E-state index is 0.339. The Morgan fingerprint density at radius 2 is 1.80 bits per heavy atom. The summed E-state index contributed by atoms with van der Waals surface area (Å²) in [6.07, 6.45) is 6.33. The number of nitrogens with one attached hydrogen (secondary N) is 1. The molecule has 0 amide bonds. The molecule has 1 N–H and O–H groups in total. The number of unbranched alkanes of at least 4 members (excludes halogenated alkanes) is 1. The zero-order valence-electron chi connectivity index (χ0n) is 13.6. The normalized spacial score (nSPS) is 14.0. The summed E-state index contributed by atoms with van der Waals surface area (Å²) in [5.41, 5.74) is 1.27. The van der Waals surface area contributed by atoms with Crippen molar-refractivity contribution in [2.24, 2.45) is 0 Å².